The molecule has 1 fully saturated rings. The summed E-state index contributed by atoms with van der Waals surface area (Å²) in [4.78, 5) is 17.4. The van der Waals surface area contributed by atoms with E-state index in [9.17, 15) is 13.2 Å². The zero-order valence-electron chi connectivity index (χ0n) is 10.3. The minimum absolute atomic E-state index is 0.0756. The number of primary sulfonamides is 1. The maximum Gasteiger partial charge on any atom is 0.229 e. The van der Waals surface area contributed by atoms with Gasteiger partial charge in [0.05, 0.1) is 0 Å². The first-order valence-electron chi connectivity index (χ1n) is 5.54. The Morgan fingerprint density at radius 3 is 2.61 bits per heavy atom. The van der Waals surface area contributed by atoms with E-state index in [2.05, 4.69) is 4.98 Å². The maximum atomic E-state index is 11.8. The molecule has 1 aliphatic rings. The van der Waals surface area contributed by atoms with Crippen molar-refractivity contribution < 1.29 is 13.2 Å². The fraction of sp³-hybridized carbons (Fsp3) is 0.455. The average Bonchev–Trinajstić information content (AvgIpc) is 2.60. The van der Waals surface area contributed by atoms with Gasteiger partial charge in [-0.3, -0.25) is 9.69 Å². The van der Waals surface area contributed by atoms with Gasteiger partial charge < -0.3 is 0 Å². The molecule has 1 amide bonds. The van der Waals surface area contributed by atoms with Crippen molar-refractivity contribution in [3.8, 4) is 0 Å². The summed E-state index contributed by atoms with van der Waals surface area (Å²) in [6, 6.07) is 1.90. The molecule has 1 aliphatic heterocycles. The van der Waals surface area contributed by atoms with E-state index < -0.39 is 15.3 Å². The molecule has 0 aliphatic carbocycles. The third-order valence-corrected chi connectivity index (χ3v) is 4.24. The van der Waals surface area contributed by atoms with Gasteiger partial charge in [0, 0.05) is 19.2 Å². The summed E-state index contributed by atoms with van der Waals surface area (Å²) in [5, 5.41) is 4.24. The quantitative estimate of drug-likeness (QED) is 0.823. The monoisotopic (exact) mass is 269 g/mol. The molecule has 6 nitrogen and oxygen atoms in total. The number of rotatable bonds is 2. The SMILES string of the molecule is Cc1cnc(N2CC(S(N)(=O)=O)CC2=O)c(C)c1. The highest BCUT2D eigenvalue weighted by molar-refractivity contribution is 7.89. The first-order valence-corrected chi connectivity index (χ1v) is 7.15. The van der Waals surface area contributed by atoms with Crippen LogP contribution in [0.15, 0.2) is 12.3 Å². The van der Waals surface area contributed by atoms with E-state index in [1.54, 1.807) is 6.20 Å². The highest BCUT2D eigenvalue weighted by Gasteiger charge is 2.38. The van der Waals surface area contributed by atoms with Gasteiger partial charge in [-0.1, -0.05) is 6.07 Å². The number of carbonyl (C=O) groups excluding carboxylic acids is 1. The summed E-state index contributed by atoms with van der Waals surface area (Å²) in [5.74, 6) is 0.255. The molecule has 98 valence electrons. The molecule has 0 bridgehead atoms. The molecule has 1 saturated heterocycles. The maximum absolute atomic E-state index is 11.8. The van der Waals surface area contributed by atoms with Crippen LogP contribution in [0, 0.1) is 13.8 Å². The summed E-state index contributed by atoms with van der Waals surface area (Å²) in [6.07, 6.45) is 1.58. The molecule has 0 saturated carbocycles. The predicted molar refractivity (Wildman–Crippen MR) is 67.6 cm³/mol. The summed E-state index contributed by atoms with van der Waals surface area (Å²) in [5.41, 5.74) is 1.84. The number of hydrogen-bond acceptors (Lipinski definition) is 4. The second-order valence-corrected chi connectivity index (χ2v) is 6.42. The fourth-order valence-electron chi connectivity index (χ4n) is 2.09. The van der Waals surface area contributed by atoms with Gasteiger partial charge in [0.25, 0.3) is 0 Å². The number of hydrogen-bond donors (Lipinski definition) is 1. The molecular formula is C11H15N3O3S. The second-order valence-electron chi connectivity index (χ2n) is 4.57. The van der Waals surface area contributed by atoms with Crippen LogP contribution in [-0.4, -0.2) is 31.1 Å². The van der Waals surface area contributed by atoms with E-state index in [4.69, 9.17) is 5.14 Å². The van der Waals surface area contributed by atoms with Crippen LogP contribution < -0.4 is 10.0 Å². The van der Waals surface area contributed by atoms with Crippen LogP contribution in [-0.2, 0) is 14.8 Å². The Bertz CT molecular complexity index is 598. The van der Waals surface area contributed by atoms with Gasteiger partial charge in [-0.25, -0.2) is 18.5 Å². The summed E-state index contributed by atoms with van der Waals surface area (Å²) < 4.78 is 22.5. The molecule has 18 heavy (non-hydrogen) atoms. The summed E-state index contributed by atoms with van der Waals surface area (Å²) in [6.45, 7) is 3.82. The topological polar surface area (TPSA) is 93.4 Å². The van der Waals surface area contributed by atoms with Crippen molar-refractivity contribution in [1.82, 2.24) is 4.98 Å². The molecule has 1 aromatic heterocycles. The smallest absolute Gasteiger partial charge is 0.229 e. The van der Waals surface area contributed by atoms with Crippen LogP contribution in [0.2, 0.25) is 0 Å². The zero-order valence-corrected chi connectivity index (χ0v) is 11.1. The van der Waals surface area contributed by atoms with E-state index in [-0.39, 0.29) is 18.9 Å². The molecule has 1 aromatic rings. The third kappa shape index (κ3) is 2.37. The number of carbonyl (C=O) groups is 1. The van der Waals surface area contributed by atoms with Gasteiger partial charge in [-0.15, -0.1) is 0 Å². The number of nitrogens with zero attached hydrogens (tertiary/aromatic N) is 2. The number of amides is 1. The molecule has 0 spiro atoms. The van der Waals surface area contributed by atoms with Gasteiger partial charge in [0.1, 0.15) is 11.1 Å². The van der Waals surface area contributed by atoms with Crippen LogP contribution in [0.25, 0.3) is 0 Å². The standard InChI is InChI=1S/C11H15N3O3S/c1-7-3-8(2)11(13-5-7)14-6-9(4-10(14)15)18(12,16)17/h3,5,9H,4,6H2,1-2H3,(H2,12,16,17). The Kier molecular flexibility index (Phi) is 3.12. The van der Waals surface area contributed by atoms with Gasteiger partial charge >= 0.3 is 0 Å². The van der Waals surface area contributed by atoms with E-state index in [1.807, 2.05) is 19.9 Å². The Labute approximate surface area is 106 Å². The minimum atomic E-state index is -3.69. The first-order chi connectivity index (χ1) is 8.29. The van der Waals surface area contributed by atoms with Crippen molar-refractivity contribution in [3.63, 3.8) is 0 Å². The summed E-state index contributed by atoms with van der Waals surface area (Å²) >= 11 is 0. The number of aryl methyl sites for hydroxylation is 2. The molecule has 0 radical (unpaired) electrons. The largest absolute Gasteiger partial charge is 0.295 e. The van der Waals surface area contributed by atoms with Crippen LogP contribution >= 0.6 is 0 Å². The zero-order chi connectivity index (χ0) is 13.5. The number of aromatic nitrogens is 1. The number of anilines is 1. The van der Waals surface area contributed by atoms with E-state index in [0.717, 1.165) is 11.1 Å². The van der Waals surface area contributed by atoms with Crippen molar-refractivity contribution in [2.45, 2.75) is 25.5 Å². The minimum Gasteiger partial charge on any atom is -0.295 e. The van der Waals surface area contributed by atoms with Crippen LogP contribution in [0.5, 0.6) is 0 Å². The Morgan fingerprint density at radius 1 is 1.44 bits per heavy atom. The van der Waals surface area contributed by atoms with E-state index in [1.165, 1.54) is 4.90 Å². The van der Waals surface area contributed by atoms with Crippen LogP contribution in [0.4, 0.5) is 5.82 Å². The molecule has 1 unspecified atom stereocenters. The Hall–Kier alpha value is -1.47. The third-order valence-electron chi connectivity index (χ3n) is 3.00. The van der Waals surface area contributed by atoms with Gasteiger partial charge in [-0.05, 0) is 25.0 Å². The normalized spacial score (nSPS) is 20.5. The Morgan fingerprint density at radius 2 is 2.11 bits per heavy atom. The lowest BCUT2D eigenvalue weighted by Crippen LogP contribution is -2.32. The van der Waals surface area contributed by atoms with E-state index >= 15 is 0 Å². The van der Waals surface area contributed by atoms with Crippen molar-refractivity contribution in [2.75, 3.05) is 11.4 Å². The average molecular weight is 269 g/mol. The predicted octanol–water partition coefficient (Wildman–Crippen LogP) is 0.0922. The molecule has 0 aromatic carbocycles. The second kappa shape index (κ2) is 4.33. The van der Waals surface area contributed by atoms with Crippen molar-refractivity contribution in [2.24, 2.45) is 5.14 Å². The highest BCUT2D eigenvalue weighted by atomic mass is 32.2. The lowest BCUT2D eigenvalue weighted by Gasteiger charge is -2.17. The van der Waals surface area contributed by atoms with Crippen molar-refractivity contribution >= 4 is 21.7 Å². The molecular weight excluding hydrogens is 254 g/mol. The summed E-state index contributed by atoms with van der Waals surface area (Å²) in [7, 11) is -3.69. The van der Waals surface area contributed by atoms with Crippen LogP contribution in [0.3, 0.4) is 0 Å². The molecule has 7 heteroatoms. The molecule has 1 atom stereocenters. The highest BCUT2D eigenvalue weighted by Crippen LogP contribution is 2.25. The van der Waals surface area contributed by atoms with Crippen molar-refractivity contribution in [3.05, 3.63) is 23.4 Å². The van der Waals surface area contributed by atoms with Gasteiger partial charge in [-0.2, -0.15) is 0 Å². The fourth-order valence-corrected chi connectivity index (χ4v) is 2.82. The number of sulfonamides is 1. The van der Waals surface area contributed by atoms with Gasteiger partial charge in [0.2, 0.25) is 15.9 Å². The molecule has 2 rings (SSSR count). The van der Waals surface area contributed by atoms with Gasteiger partial charge in [0.15, 0.2) is 0 Å². The lowest BCUT2D eigenvalue weighted by atomic mass is 10.2. The first kappa shape index (κ1) is 13.0. The van der Waals surface area contributed by atoms with E-state index in [0.29, 0.717) is 5.82 Å². The Balaban J connectivity index is 2.33. The van der Waals surface area contributed by atoms with Crippen LogP contribution in [0.1, 0.15) is 17.5 Å². The molecule has 2 heterocycles. The lowest BCUT2D eigenvalue weighted by molar-refractivity contribution is -0.117. The molecule has 2 N–H and O–H groups in total. The number of pyridine rings is 1. The van der Waals surface area contributed by atoms with Crippen molar-refractivity contribution in [1.29, 1.82) is 0 Å². The number of nitrogens with two attached hydrogens (primary N) is 1.